The van der Waals surface area contributed by atoms with E-state index in [9.17, 15) is 9.59 Å². The van der Waals surface area contributed by atoms with Gasteiger partial charge in [0.15, 0.2) is 5.78 Å². The quantitative estimate of drug-likeness (QED) is 0.172. The number of ketones is 1. The van der Waals surface area contributed by atoms with Crippen molar-refractivity contribution in [3.63, 3.8) is 0 Å². The van der Waals surface area contributed by atoms with Gasteiger partial charge in [-0.2, -0.15) is 0 Å². The van der Waals surface area contributed by atoms with E-state index in [2.05, 4.69) is 26.6 Å². The lowest BCUT2D eigenvalue weighted by atomic mass is 9.98. The molecule has 1 aliphatic heterocycles. The van der Waals surface area contributed by atoms with Crippen LogP contribution in [0, 0.1) is 0 Å². The molecule has 0 radical (unpaired) electrons. The van der Waals surface area contributed by atoms with Crippen LogP contribution in [0.4, 0.5) is 17.1 Å². The van der Waals surface area contributed by atoms with Crippen LogP contribution in [0.5, 0.6) is 11.5 Å². The molecular weight excluding hydrogens is 534 g/mol. The second-order valence-electron chi connectivity index (χ2n) is 9.02. The molecule has 0 spiro atoms. The summed E-state index contributed by atoms with van der Waals surface area (Å²) in [5, 5.41) is 5.87. The number of para-hydroxylation sites is 2. The van der Waals surface area contributed by atoms with Crippen LogP contribution in [0.25, 0.3) is 12.2 Å². The molecule has 1 amide bonds. The third-order valence-electron chi connectivity index (χ3n) is 5.75. The lowest BCUT2D eigenvalue weighted by Gasteiger charge is -2.29. The fourth-order valence-corrected chi connectivity index (χ4v) is 4.27. The number of nitrogens with two attached hydrogens (primary N) is 1. The van der Waals surface area contributed by atoms with Crippen molar-refractivity contribution in [1.29, 1.82) is 0 Å². The van der Waals surface area contributed by atoms with Gasteiger partial charge in [-0.3, -0.25) is 9.59 Å². The van der Waals surface area contributed by atoms with Gasteiger partial charge in [0, 0.05) is 10.0 Å². The molecule has 1 aliphatic rings. The molecule has 4 N–H and O–H groups in total. The number of allylic oxidation sites excluding steroid dienone is 1. The first-order chi connectivity index (χ1) is 17.7. The predicted octanol–water partition coefficient (Wildman–Crippen LogP) is 6.17. The molecule has 0 aromatic heterocycles. The van der Waals surface area contributed by atoms with Gasteiger partial charge in [0.25, 0.3) is 0 Å². The Hall–Kier alpha value is -4.04. The highest BCUT2D eigenvalue weighted by atomic mass is 79.9. The number of carbonyl (C=O) groups is 2. The number of benzene rings is 3. The Morgan fingerprint density at radius 1 is 1.11 bits per heavy atom. The Labute approximate surface area is 224 Å². The third-order valence-corrected chi connectivity index (χ3v) is 6.44. The molecule has 0 bridgehead atoms. The molecule has 3 aromatic rings. The van der Waals surface area contributed by atoms with Gasteiger partial charge in [-0.1, -0.05) is 46.3 Å². The van der Waals surface area contributed by atoms with Crippen LogP contribution in [0.1, 0.15) is 35.3 Å². The van der Waals surface area contributed by atoms with Crippen LogP contribution in [0.2, 0.25) is 0 Å². The van der Waals surface area contributed by atoms with E-state index in [4.69, 9.17) is 15.2 Å². The number of amides is 1. The molecule has 0 aliphatic carbocycles. The molecule has 37 heavy (non-hydrogen) atoms. The number of ether oxygens (including phenoxy) is 2. The Balaban J connectivity index is 1.49. The first-order valence-corrected chi connectivity index (χ1v) is 12.5. The summed E-state index contributed by atoms with van der Waals surface area (Å²) >= 11 is 3.53. The second-order valence-corrected chi connectivity index (χ2v) is 9.88. The van der Waals surface area contributed by atoms with Gasteiger partial charge < -0.3 is 25.8 Å². The van der Waals surface area contributed by atoms with Gasteiger partial charge >= 0.3 is 0 Å². The maximum Gasteiger partial charge on any atom is 0.243 e. The molecule has 0 unspecified atom stereocenters. The number of hydrogen-bond acceptors (Lipinski definition) is 6. The molecule has 8 heteroatoms. The number of nitrogens with one attached hydrogen (secondary N) is 2. The lowest BCUT2D eigenvalue weighted by Crippen LogP contribution is -2.28. The third kappa shape index (κ3) is 6.21. The number of anilines is 3. The average molecular weight is 562 g/mol. The predicted molar refractivity (Wildman–Crippen MR) is 152 cm³/mol. The average Bonchev–Trinajstić information content (AvgIpc) is 2.87. The highest BCUT2D eigenvalue weighted by molar-refractivity contribution is 9.10. The van der Waals surface area contributed by atoms with Crippen molar-refractivity contribution >= 4 is 56.8 Å². The minimum Gasteiger partial charge on any atom is -0.495 e. The molecular formula is C29H28BrN3O4. The van der Waals surface area contributed by atoms with Crippen molar-refractivity contribution in [2.24, 2.45) is 0 Å². The zero-order valence-corrected chi connectivity index (χ0v) is 22.4. The maximum atomic E-state index is 13.1. The van der Waals surface area contributed by atoms with Crippen LogP contribution in [0.15, 0.2) is 71.2 Å². The fraction of sp³-hybridized carbons (Fsp3) is 0.172. The van der Waals surface area contributed by atoms with Crippen LogP contribution in [-0.4, -0.2) is 30.9 Å². The zero-order valence-electron chi connectivity index (χ0n) is 20.8. The molecule has 3 aromatic carbocycles. The molecule has 7 nitrogen and oxygen atoms in total. The molecule has 0 saturated heterocycles. The van der Waals surface area contributed by atoms with Crippen molar-refractivity contribution in [1.82, 2.24) is 0 Å². The number of carbonyl (C=O) groups excluding carboxylic acids is 2. The van der Waals surface area contributed by atoms with E-state index in [1.807, 2.05) is 44.2 Å². The van der Waals surface area contributed by atoms with E-state index in [0.29, 0.717) is 34.1 Å². The summed E-state index contributed by atoms with van der Waals surface area (Å²) in [6.07, 6.45) is 7.16. The lowest BCUT2D eigenvalue weighted by molar-refractivity contribution is -0.114. The van der Waals surface area contributed by atoms with Crippen molar-refractivity contribution in [3.8, 4) is 11.5 Å². The first-order valence-electron chi connectivity index (χ1n) is 11.7. The van der Waals surface area contributed by atoms with E-state index in [0.717, 1.165) is 15.6 Å². The molecule has 190 valence electrons. The van der Waals surface area contributed by atoms with Gasteiger partial charge in [0.2, 0.25) is 5.91 Å². The van der Waals surface area contributed by atoms with Crippen LogP contribution < -0.4 is 25.8 Å². The SMILES string of the molecule is COc1ccc(/C=C/C(=O)c2ccc(Br)c3c2OC(C)(C)C=C3)cc1NCC(=O)Nc1ccccc1N. The topological polar surface area (TPSA) is 103 Å². The molecule has 0 fully saturated rings. The van der Waals surface area contributed by atoms with E-state index in [-0.39, 0.29) is 18.2 Å². The van der Waals surface area contributed by atoms with E-state index >= 15 is 0 Å². The molecule has 1 heterocycles. The van der Waals surface area contributed by atoms with Gasteiger partial charge in [-0.25, -0.2) is 0 Å². The summed E-state index contributed by atoms with van der Waals surface area (Å²) in [6.45, 7) is 3.89. The summed E-state index contributed by atoms with van der Waals surface area (Å²) in [6, 6.07) is 16.1. The minimum atomic E-state index is -0.512. The van der Waals surface area contributed by atoms with Crippen LogP contribution in [-0.2, 0) is 4.79 Å². The van der Waals surface area contributed by atoms with Gasteiger partial charge in [-0.05, 0) is 68.0 Å². The van der Waals surface area contributed by atoms with Crippen molar-refractivity contribution in [2.45, 2.75) is 19.4 Å². The monoisotopic (exact) mass is 561 g/mol. The minimum absolute atomic E-state index is 0.00244. The van der Waals surface area contributed by atoms with Crippen molar-refractivity contribution < 1.29 is 19.1 Å². The summed E-state index contributed by atoms with van der Waals surface area (Å²) in [7, 11) is 1.55. The highest BCUT2D eigenvalue weighted by Gasteiger charge is 2.26. The standard InChI is InChI=1S/C29H28BrN3O4/c1-29(2)15-14-19-21(30)11-10-20(28(19)37-29)25(34)12-8-18-9-13-26(36-3)24(16-18)32-17-27(35)33-23-7-5-4-6-22(23)31/h4-16,32H,17,31H2,1-3H3,(H,33,35)/b12-8+. The first kappa shape index (κ1) is 26.0. The highest BCUT2D eigenvalue weighted by Crippen LogP contribution is 2.39. The molecule has 0 atom stereocenters. The maximum absolute atomic E-state index is 13.1. The van der Waals surface area contributed by atoms with Crippen LogP contribution in [0.3, 0.4) is 0 Å². The number of halogens is 1. The number of rotatable bonds is 8. The number of fused-ring (bicyclic) bond motifs is 1. The zero-order chi connectivity index (χ0) is 26.6. The van der Waals surface area contributed by atoms with Crippen molar-refractivity contribution in [2.75, 3.05) is 30.0 Å². The Morgan fingerprint density at radius 3 is 2.65 bits per heavy atom. The normalized spacial score (nSPS) is 13.5. The summed E-state index contributed by atoms with van der Waals surface area (Å²) in [4.78, 5) is 25.6. The largest absolute Gasteiger partial charge is 0.495 e. The number of methoxy groups -OCH3 is 1. The smallest absolute Gasteiger partial charge is 0.243 e. The van der Waals surface area contributed by atoms with Gasteiger partial charge in [-0.15, -0.1) is 0 Å². The fourth-order valence-electron chi connectivity index (χ4n) is 3.83. The number of hydrogen-bond donors (Lipinski definition) is 3. The Bertz CT molecular complexity index is 1410. The van der Waals surface area contributed by atoms with Gasteiger partial charge in [0.05, 0.1) is 36.3 Å². The Morgan fingerprint density at radius 2 is 1.89 bits per heavy atom. The van der Waals surface area contributed by atoms with Crippen molar-refractivity contribution in [3.05, 3.63) is 87.9 Å². The van der Waals surface area contributed by atoms with E-state index in [1.165, 1.54) is 6.08 Å². The summed E-state index contributed by atoms with van der Waals surface area (Å²) < 4.78 is 12.4. The van der Waals surface area contributed by atoms with Crippen LogP contribution >= 0.6 is 15.9 Å². The van der Waals surface area contributed by atoms with Gasteiger partial charge in [0.1, 0.15) is 17.1 Å². The Kier molecular flexibility index (Phi) is 7.69. The number of nitrogen functional groups attached to an aromatic ring is 1. The summed E-state index contributed by atoms with van der Waals surface area (Å²) in [5.41, 5.74) is 9.12. The molecule has 4 rings (SSSR count). The molecule has 0 saturated carbocycles. The summed E-state index contributed by atoms with van der Waals surface area (Å²) in [5.74, 6) is 0.687. The van der Waals surface area contributed by atoms with E-state index < -0.39 is 5.60 Å². The second kappa shape index (κ2) is 10.9. The van der Waals surface area contributed by atoms with E-state index in [1.54, 1.807) is 49.6 Å².